The van der Waals surface area contributed by atoms with Crippen LogP contribution in [0.2, 0.25) is 0 Å². The van der Waals surface area contributed by atoms with Crippen molar-refractivity contribution < 1.29 is 0 Å². The molecular formula is C45H38N4. The molecule has 4 nitrogen and oxygen atoms in total. The van der Waals surface area contributed by atoms with E-state index in [0.717, 1.165) is 39.6 Å². The van der Waals surface area contributed by atoms with Crippen LogP contribution in [-0.4, -0.2) is 19.5 Å². The molecular weight excluding hydrogens is 597 g/mol. The maximum Gasteiger partial charge on any atom is 0.164 e. The number of hydrogen-bond acceptors (Lipinski definition) is 3. The molecule has 0 N–H and O–H groups in total. The van der Waals surface area contributed by atoms with Gasteiger partial charge in [-0.25, -0.2) is 15.0 Å². The largest absolute Gasteiger partial charge is 0.309 e. The van der Waals surface area contributed by atoms with Crippen molar-refractivity contribution in [1.82, 2.24) is 19.5 Å². The summed E-state index contributed by atoms with van der Waals surface area (Å²) >= 11 is 0. The number of hydrogen-bond donors (Lipinski definition) is 0. The summed E-state index contributed by atoms with van der Waals surface area (Å²) in [6, 6.07) is 47.5. The van der Waals surface area contributed by atoms with E-state index in [2.05, 4.69) is 166 Å². The number of nitrogens with zero attached hydrogens (tertiary/aromatic N) is 4. The van der Waals surface area contributed by atoms with Gasteiger partial charge in [-0.15, -0.1) is 0 Å². The van der Waals surface area contributed by atoms with Crippen molar-refractivity contribution in [2.24, 2.45) is 0 Å². The van der Waals surface area contributed by atoms with Gasteiger partial charge < -0.3 is 4.57 Å². The first-order chi connectivity index (χ1) is 23.8. The van der Waals surface area contributed by atoms with Crippen LogP contribution in [0.25, 0.3) is 72.4 Å². The Balaban J connectivity index is 1.27. The Bertz CT molecular complexity index is 2510. The molecule has 1 aliphatic rings. The molecule has 0 saturated carbocycles. The Morgan fingerprint density at radius 3 is 1.73 bits per heavy atom. The monoisotopic (exact) mass is 634 g/mol. The van der Waals surface area contributed by atoms with Gasteiger partial charge in [0, 0.05) is 33.2 Å². The molecule has 0 radical (unpaired) electrons. The van der Waals surface area contributed by atoms with Gasteiger partial charge >= 0.3 is 0 Å². The molecule has 2 heterocycles. The van der Waals surface area contributed by atoms with Crippen LogP contribution in [0.5, 0.6) is 0 Å². The Hall–Kier alpha value is -5.61. The lowest BCUT2D eigenvalue weighted by Gasteiger charge is -2.42. The Labute approximate surface area is 287 Å². The zero-order valence-electron chi connectivity index (χ0n) is 28.4. The molecule has 0 saturated heterocycles. The summed E-state index contributed by atoms with van der Waals surface area (Å²) < 4.78 is 2.34. The van der Waals surface area contributed by atoms with Crippen molar-refractivity contribution in [2.75, 3.05) is 0 Å². The molecule has 6 aromatic carbocycles. The van der Waals surface area contributed by atoms with E-state index in [1.807, 2.05) is 0 Å². The average molecular weight is 635 g/mol. The molecule has 1 aliphatic carbocycles. The molecule has 0 atom stereocenters. The molecule has 0 bridgehead atoms. The standard InChI is InChI=1S/C45H38N4/c1-44(2)25-26-45(3,4)38-28-31(23-24-37(38)44)42-46-41(47-43(48-42)36-20-12-14-29-13-5-6-17-33(29)36)30-15-11-16-32(27-30)49-39-21-9-7-18-34(39)35-19-8-10-22-40(35)49/h5-24,27-28H,25-26H2,1-4H3. The summed E-state index contributed by atoms with van der Waals surface area (Å²) in [5, 5.41) is 4.76. The number of para-hydroxylation sites is 2. The minimum Gasteiger partial charge on any atom is -0.309 e. The van der Waals surface area contributed by atoms with E-state index >= 15 is 0 Å². The van der Waals surface area contributed by atoms with Crippen LogP contribution in [0.1, 0.15) is 51.7 Å². The molecule has 8 aromatic rings. The van der Waals surface area contributed by atoms with Crippen LogP contribution in [-0.2, 0) is 10.8 Å². The fraction of sp³-hybridized carbons (Fsp3) is 0.178. The fourth-order valence-corrected chi connectivity index (χ4v) is 7.89. The van der Waals surface area contributed by atoms with Crippen molar-refractivity contribution in [2.45, 2.75) is 51.4 Å². The minimum absolute atomic E-state index is 0.0752. The average Bonchev–Trinajstić information content (AvgIpc) is 3.47. The van der Waals surface area contributed by atoms with E-state index in [1.165, 1.54) is 39.4 Å². The Morgan fingerprint density at radius 2 is 1.02 bits per heavy atom. The van der Waals surface area contributed by atoms with Gasteiger partial charge in [0.05, 0.1) is 11.0 Å². The molecule has 4 heteroatoms. The van der Waals surface area contributed by atoms with Gasteiger partial charge in [0.15, 0.2) is 17.5 Å². The first kappa shape index (κ1) is 29.5. The maximum absolute atomic E-state index is 5.23. The lowest BCUT2D eigenvalue weighted by atomic mass is 9.63. The topological polar surface area (TPSA) is 43.6 Å². The molecule has 0 amide bonds. The molecule has 0 unspecified atom stereocenters. The van der Waals surface area contributed by atoms with Gasteiger partial charge in [-0.05, 0) is 75.9 Å². The Kier molecular flexibility index (Phi) is 6.61. The molecule has 2 aromatic heterocycles. The van der Waals surface area contributed by atoms with Gasteiger partial charge in [0.1, 0.15) is 0 Å². The molecule has 0 aliphatic heterocycles. The summed E-state index contributed by atoms with van der Waals surface area (Å²) in [6.45, 7) is 9.46. The van der Waals surface area contributed by atoms with E-state index in [9.17, 15) is 0 Å². The highest BCUT2D eigenvalue weighted by Crippen LogP contribution is 2.47. The van der Waals surface area contributed by atoms with Crippen LogP contribution in [0, 0.1) is 0 Å². The first-order valence-electron chi connectivity index (χ1n) is 17.3. The van der Waals surface area contributed by atoms with Gasteiger partial charge in [0.25, 0.3) is 0 Å². The summed E-state index contributed by atoms with van der Waals surface area (Å²) in [5.74, 6) is 2.03. The number of fused-ring (bicyclic) bond motifs is 5. The molecule has 49 heavy (non-hydrogen) atoms. The zero-order chi connectivity index (χ0) is 33.3. The van der Waals surface area contributed by atoms with Crippen LogP contribution in [0.4, 0.5) is 0 Å². The third-order valence-electron chi connectivity index (χ3n) is 10.7. The molecule has 0 fully saturated rings. The van der Waals surface area contributed by atoms with Crippen molar-refractivity contribution in [3.63, 3.8) is 0 Å². The second-order valence-electron chi connectivity index (χ2n) is 14.8. The normalized spacial score (nSPS) is 15.1. The lowest BCUT2D eigenvalue weighted by molar-refractivity contribution is 0.332. The van der Waals surface area contributed by atoms with Crippen molar-refractivity contribution in [3.8, 4) is 39.9 Å². The second kappa shape index (κ2) is 11.0. The van der Waals surface area contributed by atoms with Gasteiger partial charge in [0.2, 0.25) is 0 Å². The summed E-state index contributed by atoms with van der Waals surface area (Å²) in [5.41, 5.74) is 9.42. The predicted octanol–water partition coefficient (Wildman–Crippen LogP) is 11.5. The van der Waals surface area contributed by atoms with Gasteiger partial charge in [-0.2, -0.15) is 0 Å². The fourth-order valence-electron chi connectivity index (χ4n) is 7.89. The van der Waals surface area contributed by atoms with E-state index < -0.39 is 0 Å². The highest BCUT2D eigenvalue weighted by atomic mass is 15.0. The number of benzene rings is 6. The summed E-state index contributed by atoms with van der Waals surface area (Å²) in [7, 11) is 0. The van der Waals surface area contributed by atoms with Gasteiger partial charge in [-0.3, -0.25) is 0 Å². The second-order valence-corrected chi connectivity index (χ2v) is 14.8. The highest BCUT2D eigenvalue weighted by Gasteiger charge is 2.37. The highest BCUT2D eigenvalue weighted by molar-refractivity contribution is 6.09. The predicted molar refractivity (Wildman–Crippen MR) is 203 cm³/mol. The van der Waals surface area contributed by atoms with Crippen LogP contribution >= 0.6 is 0 Å². The molecule has 238 valence electrons. The number of aromatic nitrogens is 4. The zero-order valence-corrected chi connectivity index (χ0v) is 28.4. The molecule has 0 spiro atoms. The SMILES string of the molecule is CC1(C)CCC(C)(C)c2cc(-c3nc(-c4cccc(-n5c6ccccc6c6ccccc65)c4)nc(-c4cccc5ccccc45)n3)ccc21. The third-order valence-corrected chi connectivity index (χ3v) is 10.7. The summed E-state index contributed by atoms with van der Waals surface area (Å²) in [4.78, 5) is 15.6. The van der Waals surface area contributed by atoms with E-state index in [0.29, 0.717) is 17.5 Å². The Morgan fingerprint density at radius 1 is 0.469 bits per heavy atom. The van der Waals surface area contributed by atoms with Crippen LogP contribution in [0.15, 0.2) is 133 Å². The van der Waals surface area contributed by atoms with Crippen molar-refractivity contribution in [3.05, 3.63) is 145 Å². The van der Waals surface area contributed by atoms with Crippen LogP contribution in [0.3, 0.4) is 0 Å². The minimum atomic E-state index is 0.0752. The van der Waals surface area contributed by atoms with Crippen molar-refractivity contribution in [1.29, 1.82) is 0 Å². The third kappa shape index (κ3) is 4.85. The quantitative estimate of drug-likeness (QED) is 0.193. The smallest absolute Gasteiger partial charge is 0.164 e. The van der Waals surface area contributed by atoms with Crippen LogP contribution < -0.4 is 0 Å². The lowest BCUT2D eigenvalue weighted by Crippen LogP contribution is -2.33. The van der Waals surface area contributed by atoms with E-state index in [1.54, 1.807) is 0 Å². The maximum atomic E-state index is 5.23. The van der Waals surface area contributed by atoms with E-state index in [-0.39, 0.29) is 10.8 Å². The van der Waals surface area contributed by atoms with Gasteiger partial charge in [-0.1, -0.05) is 131 Å². The number of rotatable bonds is 4. The summed E-state index contributed by atoms with van der Waals surface area (Å²) in [6.07, 6.45) is 2.32. The van der Waals surface area contributed by atoms with Crippen molar-refractivity contribution >= 4 is 32.6 Å². The molecule has 9 rings (SSSR count). The van der Waals surface area contributed by atoms with E-state index in [4.69, 9.17) is 15.0 Å². The first-order valence-corrected chi connectivity index (χ1v) is 17.3.